The number of benzene rings is 4. The van der Waals surface area contributed by atoms with Crippen molar-refractivity contribution in [3.05, 3.63) is 130 Å². The zero-order chi connectivity index (χ0) is 31.9. The van der Waals surface area contributed by atoms with Crippen molar-refractivity contribution in [2.45, 2.75) is 35.9 Å². The van der Waals surface area contributed by atoms with Crippen LogP contribution in [0.25, 0.3) is 0 Å². The summed E-state index contributed by atoms with van der Waals surface area (Å²) in [6.45, 7) is 1.99. The number of aliphatic hydroxyl groups is 4. The molecule has 2 heterocycles. The first kappa shape index (κ1) is 32.2. The van der Waals surface area contributed by atoms with Gasteiger partial charge >= 0.3 is 0 Å². The van der Waals surface area contributed by atoms with Crippen LogP contribution in [0, 0.1) is 0 Å². The van der Waals surface area contributed by atoms with Crippen LogP contribution < -0.4 is 9.47 Å². The number of epoxide rings is 2. The van der Waals surface area contributed by atoms with E-state index >= 15 is 0 Å². The molecule has 6 rings (SSSR count). The van der Waals surface area contributed by atoms with E-state index in [0.717, 1.165) is 58.1 Å². The maximum atomic E-state index is 9.79. The fraction of sp³-hybridized carbons (Fsp3) is 0.368. The molecule has 8 heteroatoms. The Morgan fingerprint density at radius 1 is 0.457 bits per heavy atom. The minimum absolute atomic E-state index is 0.115. The van der Waals surface area contributed by atoms with Gasteiger partial charge in [-0.2, -0.15) is 0 Å². The quantitative estimate of drug-likeness (QED) is 0.128. The van der Waals surface area contributed by atoms with E-state index in [9.17, 15) is 20.4 Å². The molecule has 0 aromatic heterocycles. The highest BCUT2D eigenvalue weighted by Crippen LogP contribution is 2.44. The van der Waals surface area contributed by atoms with Crippen LogP contribution in [0.3, 0.4) is 0 Å². The fourth-order valence-electron chi connectivity index (χ4n) is 5.89. The molecule has 8 nitrogen and oxygen atoms in total. The van der Waals surface area contributed by atoms with Crippen LogP contribution in [0.2, 0.25) is 0 Å². The SMILES string of the molecule is OCC(CO)c1ccc(C(c2ccc(C(CO)CO)cc2)C(c2ccc(OCC3CO3)cc2)c2ccc(OCC3CO3)cc2)cc1. The lowest BCUT2D eigenvalue weighted by Gasteiger charge is -2.30. The second-order valence-corrected chi connectivity index (χ2v) is 12.1. The van der Waals surface area contributed by atoms with Crippen molar-refractivity contribution in [1.82, 2.24) is 0 Å². The Labute approximate surface area is 269 Å². The lowest BCUT2D eigenvalue weighted by molar-refractivity contribution is 0.192. The summed E-state index contributed by atoms with van der Waals surface area (Å²) in [6.07, 6.45) is 0.338. The average Bonchev–Trinajstić information content (AvgIpc) is 4.04. The van der Waals surface area contributed by atoms with E-state index in [2.05, 4.69) is 48.5 Å². The van der Waals surface area contributed by atoms with E-state index in [0.29, 0.717) is 13.2 Å². The van der Waals surface area contributed by atoms with Crippen LogP contribution in [0.15, 0.2) is 97.1 Å². The summed E-state index contributed by atoms with van der Waals surface area (Å²) in [5.74, 6) is 0.623. The van der Waals surface area contributed by atoms with E-state index < -0.39 is 0 Å². The zero-order valence-electron chi connectivity index (χ0n) is 25.8. The van der Waals surface area contributed by atoms with Crippen LogP contribution in [-0.4, -0.2) is 85.5 Å². The first-order chi connectivity index (χ1) is 22.6. The molecule has 0 spiro atoms. The molecule has 0 saturated carbocycles. The molecule has 2 fully saturated rings. The minimum atomic E-state index is -0.348. The molecule has 46 heavy (non-hydrogen) atoms. The van der Waals surface area contributed by atoms with Crippen LogP contribution in [-0.2, 0) is 9.47 Å². The topological polar surface area (TPSA) is 124 Å². The van der Waals surface area contributed by atoms with E-state index in [1.54, 1.807) is 0 Å². The Morgan fingerprint density at radius 3 is 0.978 bits per heavy atom. The molecule has 0 bridgehead atoms. The normalized spacial score (nSPS) is 17.8. The second kappa shape index (κ2) is 15.2. The van der Waals surface area contributed by atoms with Crippen LogP contribution in [0.1, 0.15) is 57.1 Å². The molecule has 4 N–H and O–H groups in total. The molecule has 4 aromatic rings. The average molecular weight is 627 g/mol. The summed E-state index contributed by atoms with van der Waals surface area (Å²) < 4.78 is 22.5. The van der Waals surface area contributed by atoms with Gasteiger partial charge in [-0.3, -0.25) is 0 Å². The number of aliphatic hydroxyl groups excluding tert-OH is 4. The molecular formula is C38H42O8. The van der Waals surface area contributed by atoms with Crippen molar-refractivity contribution in [2.75, 3.05) is 52.9 Å². The van der Waals surface area contributed by atoms with E-state index in [1.807, 2.05) is 48.5 Å². The van der Waals surface area contributed by atoms with Gasteiger partial charge in [0.15, 0.2) is 0 Å². The Kier molecular flexibility index (Phi) is 10.7. The highest BCUT2D eigenvalue weighted by molar-refractivity contribution is 5.48. The van der Waals surface area contributed by atoms with Gasteiger partial charge in [-0.1, -0.05) is 72.8 Å². The molecule has 2 atom stereocenters. The summed E-state index contributed by atoms with van der Waals surface area (Å²) in [7, 11) is 0. The Bertz CT molecular complexity index is 1370. The van der Waals surface area contributed by atoms with Crippen molar-refractivity contribution in [1.29, 1.82) is 0 Å². The summed E-state index contributed by atoms with van der Waals surface area (Å²) in [5, 5.41) is 39.2. The highest BCUT2D eigenvalue weighted by Gasteiger charge is 2.30. The third-order valence-corrected chi connectivity index (χ3v) is 8.90. The first-order valence-electron chi connectivity index (χ1n) is 15.9. The maximum Gasteiger partial charge on any atom is 0.119 e. The second-order valence-electron chi connectivity index (χ2n) is 12.1. The summed E-state index contributed by atoms with van der Waals surface area (Å²) in [6, 6.07) is 32.7. The standard InChI is InChI=1S/C38H42O8/c39-17-31(18-40)25-1-5-27(6-2-25)37(28-7-3-26(4-8-28)32(19-41)20-42)38(29-9-13-33(14-10-29)43-21-35-23-45-35)30-11-15-34(16-12-30)44-22-36-24-46-36/h1-16,31-32,35-42H,17-24H2. The smallest absolute Gasteiger partial charge is 0.119 e. The van der Waals surface area contributed by atoms with Gasteiger partial charge in [-0.25, -0.2) is 0 Å². The summed E-state index contributed by atoms with van der Waals surface area (Å²) in [4.78, 5) is 0. The van der Waals surface area contributed by atoms with Gasteiger partial charge in [0, 0.05) is 23.7 Å². The molecule has 0 aliphatic carbocycles. The summed E-state index contributed by atoms with van der Waals surface area (Å²) >= 11 is 0. The van der Waals surface area contributed by atoms with Gasteiger partial charge in [0.2, 0.25) is 0 Å². The predicted molar refractivity (Wildman–Crippen MR) is 174 cm³/mol. The Hall–Kier alpha value is -3.76. The van der Waals surface area contributed by atoms with Gasteiger partial charge in [0.05, 0.1) is 39.6 Å². The fourth-order valence-corrected chi connectivity index (χ4v) is 5.89. The molecule has 2 saturated heterocycles. The van der Waals surface area contributed by atoms with E-state index in [1.165, 1.54) is 0 Å². The zero-order valence-corrected chi connectivity index (χ0v) is 25.8. The van der Waals surface area contributed by atoms with Gasteiger partial charge < -0.3 is 39.4 Å². The number of rotatable bonds is 17. The van der Waals surface area contributed by atoms with Crippen LogP contribution in [0.4, 0.5) is 0 Å². The number of ether oxygens (including phenoxy) is 4. The van der Waals surface area contributed by atoms with Gasteiger partial charge in [0.25, 0.3) is 0 Å². The van der Waals surface area contributed by atoms with Gasteiger partial charge in [-0.15, -0.1) is 0 Å². The molecule has 0 radical (unpaired) electrons. The van der Waals surface area contributed by atoms with Gasteiger partial charge in [0.1, 0.15) is 36.9 Å². The molecule has 4 aromatic carbocycles. The van der Waals surface area contributed by atoms with Crippen molar-refractivity contribution >= 4 is 0 Å². The lowest BCUT2D eigenvalue weighted by atomic mass is 9.73. The molecule has 2 aliphatic rings. The van der Waals surface area contributed by atoms with E-state index in [4.69, 9.17) is 18.9 Å². The molecule has 0 amide bonds. The van der Waals surface area contributed by atoms with E-state index in [-0.39, 0.29) is 62.3 Å². The van der Waals surface area contributed by atoms with Crippen molar-refractivity contribution < 1.29 is 39.4 Å². The third-order valence-electron chi connectivity index (χ3n) is 8.90. The monoisotopic (exact) mass is 626 g/mol. The van der Waals surface area contributed by atoms with Crippen molar-refractivity contribution in [3.63, 3.8) is 0 Å². The predicted octanol–water partition coefficient (Wildman–Crippen LogP) is 4.34. The Morgan fingerprint density at radius 2 is 0.717 bits per heavy atom. The van der Waals surface area contributed by atoms with Crippen molar-refractivity contribution in [3.8, 4) is 11.5 Å². The molecule has 242 valence electrons. The van der Waals surface area contributed by atoms with Gasteiger partial charge in [-0.05, 0) is 57.6 Å². The molecule has 2 aliphatic heterocycles. The number of hydrogen-bond acceptors (Lipinski definition) is 8. The number of hydrogen-bond donors (Lipinski definition) is 4. The first-order valence-corrected chi connectivity index (χ1v) is 15.9. The highest BCUT2D eigenvalue weighted by atomic mass is 16.6. The van der Waals surface area contributed by atoms with Crippen LogP contribution in [0.5, 0.6) is 11.5 Å². The molecular weight excluding hydrogens is 584 g/mol. The maximum absolute atomic E-state index is 9.79. The minimum Gasteiger partial charge on any atom is -0.491 e. The third kappa shape index (κ3) is 7.96. The largest absolute Gasteiger partial charge is 0.491 e. The van der Waals surface area contributed by atoms with Crippen molar-refractivity contribution in [2.24, 2.45) is 0 Å². The molecule has 2 unspecified atom stereocenters. The van der Waals surface area contributed by atoms with Crippen LogP contribution >= 0.6 is 0 Å². The Balaban J connectivity index is 1.41. The summed E-state index contributed by atoms with van der Waals surface area (Å²) in [5.41, 5.74) is 6.07. The lowest BCUT2D eigenvalue weighted by Crippen LogP contribution is -2.16.